The number of alkyl halides is 6. The predicted octanol–water partition coefficient (Wildman–Crippen LogP) is 2.72. The standard InChI is InChI=1S/C13H12F6N2O2/c1-2-9(10(20)22)21-11(23)6-3-7(12(14,15)16)5-8(4-6)13(17,18)19/h3-5,9H,2H2,1H3,(H2,20,22)(H,21,23)/t9-/m0/s1. The number of carbonyl (C=O) groups excluding carboxylic acids is 2. The lowest BCUT2D eigenvalue weighted by Gasteiger charge is -2.16. The van der Waals surface area contributed by atoms with Gasteiger partial charge in [-0.25, -0.2) is 0 Å². The summed E-state index contributed by atoms with van der Waals surface area (Å²) in [6.07, 6.45) is -10.1. The van der Waals surface area contributed by atoms with Crippen LogP contribution in [0.25, 0.3) is 0 Å². The third-order valence-electron chi connectivity index (χ3n) is 2.91. The van der Waals surface area contributed by atoms with Crippen molar-refractivity contribution in [2.75, 3.05) is 0 Å². The highest BCUT2D eigenvalue weighted by Gasteiger charge is 2.37. The van der Waals surface area contributed by atoms with E-state index in [1.54, 1.807) is 0 Å². The molecular weight excluding hydrogens is 330 g/mol. The zero-order chi connectivity index (χ0) is 18.0. The van der Waals surface area contributed by atoms with Gasteiger partial charge in [0.25, 0.3) is 5.91 Å². The maximum atomic E-state index is 12.7. The fourth-order valence-electron chi connectivity index (χ4n) is 1.70. The van der Waals surface area contributed by atoms with Gasteiger partial charge in [-0.05, 0) is 24.6 Å². The molecule has 0 saturated heterocycles. The van der Waals surface area contributed by atoms with Crippen molar-refractivity contribution < 1.29 is 35.9 Å². The number of halogens is 6. The molecule has 23 heavy (non-hydrogen) atoms. The predicted molar refractivity (Wildman–Crippen MR) is 67.2 cm³/mol. The van der Waals surface area contributed by atoms with E-state index in [9.17, 15) is 35.9 Å². The Kier molecular flexibility index (Phi) is 5.28. The minimum absolute atomic E-state index is 0.0339. The zero-order valence-corrected chi connectivity index (χ0v) is 11.7. The second-order valence-corrected chi connectivity index (χ2v) is 4.63. The van der Waals surface area contributed by atoms with E-state index in [1.807, 2.05) is 5.32 Å². The Morgan fingerprint density at radius 3 is 1.78 bits per heavy atom. The number of amides is 2. The van der Waals surface area contributed by atoms with Crippen molar-refractivity contribution >= 4 is 11.8 Å². The first-order valence-corrected chi connectivity index (χ1v) is 6.26. The van der Waals surface area contributed by atoms with Crippen LogP contribution in [0.3, 0.4) is 0 Å². The lowest BCUT2D eigenvalue weighted by molar-refractivity contribution is -0.143. The first kappa shape index (κ1) is 18.8. The summed E-state index contributed by atoms with van der Waals surface area (Å²) in [5.41, 5.74) is 0.848. The molecule has 0 aromatic heterocycles. The number of carbonyl (C=O) groups is 2. The Morgan fingerprint density at radius 1 is 1.04 bits per heavy atom. The third kappa shape index (κ3) is 4.86. The van der Waals surface area contributed by atoms with Crippen LogP contribution < -0.4 is 11.1 Å². The quantitative estimate of drug-likeness (QED) is 0.826. The van der Waals surface area contributed by atoms with Gasteiger partial charge in [0.05, 0.1) is 11.1 Å². The van der Waals surface area contributed by atoms with E-state index in [2.05, 4.69) is 0 Å². The van der Waals surface area contributed by atoms with Crippen molar-refractivity contribution in [1.82, 2.24) is 5.32 Å². The molecule has 0 aliphatic carbocycles. The summed E-state index contributed by atoms with van der Waals surface area (Å²) in [4.78, 5) is 22.8. The molecule has 0 radical (unpaired) electrons. The van der Waals surface area contributed by atoms with Crippen LogP contribution >= 0.6 is 0 Å². The summed E-state index contributed by atoms with van der Waals surface area (Å²) in [5, 5.41) is 1.99. The van der Waals surface area contributed by atoms with Gasteiger partial charge in [-0.15, -0.1) is 0 Å². The maximum Gasteiger partial charge on any atom is 0.416 e. The summed E-state index contributed by atoms with van der Waals surface area (Å²) in [6.45, 7) is 1.46. The normalized spacial score (nSPS) is 13.5. The van der Waals surface area contributed by atoms with Gasteiger partial charge in [-0.3, -0.25) is 9.59 Å². The number of nitrogens with one attached hydrogen (secondary N) is 1. The molecule has 0 heterocycles. The number of hydrogen-bond acceptors (Lipinski definition) is 2. The highest BCUT2D eigenvalue weighted by atomic mass is 19.4. The van der Waals surface area contributed by atoms with E-state index in [-0.39, 0.29) is 24.6 Å². The molecule has 1 aromatic rings. The van der Waals surface area contributed by atoms with Crippen LogP contribution in [0, 0.1) is 0 Å². The van der Waals surface area contributed by atoms with Crippen LogP contribution in [0.15, 0.2) is 18.2 Å². The second-order valence-electron chi connectivity index (χ2n) is 4.63. The van der Waals surface area contributed by atoms with Gasteiger partial charge in [0.1, 0.15) is 6.04 Å². The topological polar surface area (TPSA) is 72.2 Å². The molecule has 0 saturated carbocycles. The van der Waals surface area contributed by atoms with Crippen molar-refractivity contribution in [3.05, 3.63) is 34.9 Å². The summed E-state index contributed by atoms with van der Waals surface area (Å²) in [7, 11) is 0. The zero-order valence-electron chi connectivity index (χ0n) is 11.7. The highest BCUT2D eigenvalue weighted by Crippen LogP contribution is 2.36. The van der Waals surface area contributed by atoms with Gasteiger partial charge in [-0.2, -0.15) is 26.3 Å². The van der Waals surface area contributed by atoms with Crippen molar-refractivity contribution in [1.29, 1.82) is 0 Å². The molecule has 1 aromatic carbocycles. The first-order valence-electron chi connectivity index (χ1n) is 6.26. The third-order valence-corrected chi connectivity index (χ3v) is 2.91. The molecular formula is C13H12F6N2O2. The molecule has 4 nitrogen and oxygen atoms in total. The monoisotopic (exact) mass is 342 g/mol. The van der Waals surface area contributed by atoms with Crippen LogP contribution in [0.5, 0.6) is 0 Å². The Morgan fingerprint density at radius 2 is 1.48 bits per heavy atom. The van der Waals surface area contributed by atoms with E-state index in [0.29, 0.717) is 0 Å². The molecule has 0 spiro atoms. The number of benzene rings is 1. The summed E-state index contributed by atoms with van der Waals surface area (Å²) < 4.78 is 76.1. The first-order chi connectivity index (χ1) is 10.4. The largest absolute Gasteiger partial charge is 0.416 e. The minimum atomic E-state index is -5.07. The van der Waals surface area contributed by atoms with Crippen molar-refractivity contribution in [3.8, 4) is 0 Å². The summed E-state index contributed by atoms with van der Waals surface area (Å²) in [5.74, 6) is -2.21. The molecule has 10 heteroatoms. The van der Waals surface area contributed by atoms with Gasteiger partial charge in [0, 0.05) is 5.56 Å². The Balaban J connectivity index is 3.30. The maximum absolute atomic E-state index is 12.7. The van der Waals surface area contributed by atoms with Crippen LogP contribution in [0.4, 0.5) is 26.3 Å². The number of hydrogen-bond donors (Lipinski definition) is 2. The average Bonchev–Trinajstić information content (AvgIpc) is 2.41. The van der Waals surface area contributed by atoms with Gasteiger partial charge in [0.15, 0.2) is 0 Å². The van der Waals surface area contributed by atoms with Gasteiger partial charge >= 0.3 is 12.4 Å². The SMILES string of the molecule is CC[C@H](NC(=O)c1cc(C(F)(F)F)cc(C(F)(F)F)c1)C(N)=O. The van der Waals surface area contributed by atoms with Gasteiger partial charge < -0.3 is 11.1 Å². The van der Waals surface area contributed by atoms with E-state index in [4.69, 9.17) is 5.73 Å². The Hall–Kier alpha value is -2.26. The Bertz CT molecular complexity index is 577. The molecule has 0 fully saturated rings. The number of rotatable bonds is 4. The molecule has 0 aliphatic heterocycles. The van der Waals surface area contributed by atoms with E-state index < -0.39 is 46.9 Å². The highest BCUT2D eigenvalue weighted by molar-refractivity contribution is 5.97. The summed E-state index contributed by atoms with van der Waals surface area (Å²) in [6, 6.07) is -0.745. The average molecular weight is 342 g/mol. The minimum Gasteiger partial charge on any atom is -0.368 e. The van der Waals surface area contributed by atoms with Gasteiger partial charge in [-0.1, -0.05) is 6.92 Å². The molecule has 2 amide bonds. The smallest absolute Gasteiger partial charge is 0.368 e. The second kappa shape index (κ2) is 6.47. The molecule has 0 aliphatic rings. The molecule has 0 unspecified atom stereocenters. The van der Waals surface area contributed by atoms with Gasteiger partial charge in [0.2, 0.25) is 5.91 Å². The lowest BCUT2D eigenvalue weighted by atomic mass is 10.0. The lowest BCUT2D eigenvalue weighted by Crippen LogP contribution is -2.44. The van der Waals surface area contributed by atoms with Crippen LogP contribution in [-0.2, 0) is 17.1 Å². The van der Waals surface area contributed by atoms with Crippen LogP contribution in [0.2, 0.25) is 0 Å². The fraction of sp³-hybridized carbons (Fsp3) is 0.385. The van der Waals surface area contributed by atoms with Crippen molar-refractivity contribution in [3.63, 3.8) is 0 Å². The van der Waals surface area contributed by atoms with E-state index in [0.717, 1.165) is 0 Å². The summed E-state index contributed by atoms with van der Waals surface area (Å²) >= 11 is 0. The molecule has 128 valence electrons. The van der Waals surface area contributed by atoms with Crippen LogP contribution in [0.1, 0.15) is 34.8 Å². The number of nitrogens with two attached hydrogens (primary N) is 1. The van der Waals surface area contributed by atoms with Crippen molar-refractivity contribution in [2.45, 2.75) is 31.7 Å². The van der Waals surface area contributed by atoms with Crippen molar-refractivity contribution in [2.24, 2.45) is 5.73 Å². The Labute approximate surface area is 126 Å². The molecule has 3 N–H and O–H groups in total. The molecule has 1 rings (SSSR count). The number of primary amides is 1. The van der Waals surface area contributed by atoms with E-state index >= 15 is 0 Å². The van der Waals surface area contributed by atoms with Crippen LogP contribution in [-0.4, -0.2) is 17.9 Å². The van der Waals surface area contributed by atoms with E-state index in [1.165, 1.54) is 6.92 Å². The molecule has 0 bridgehead atoms. The molecule has 1 atom stereocenters. The fourth-order valence-corrected chi connectivity index (χ4v) is 1.70.